The van der Waals surface area contributed by atoms with Gasteiger partial charge in [0.25, 0.3) is 0 Å². The minimum Gasteiger partial charge on any atom is -0.300 e. The summed E-state index contributed by atoms with van der Waals surface area (Å²) in [6, 6.07) is 0. The first-order chi connectivity index (χ1) is 5.27. The van der Waals surface area contributed by atoms with Crippen LogP contribution in [0.5, 0.6) is 0 Å². The van der Waals surface area contributed by atoms with E-state index in [2.05, 4.69) is 19.1 Å². The summed E-state index contributed by atoms with van der Waals surface area (Å²) in [5.74, 6) is 1.07. The van der Waals surface area contributed by atoms with Gasteiger partial charge >= 0.3 is 0 Å². The molecule has 2 unspecified atom stereocenters. The first kappa shape index (κ1) is 7.08. The molecule has 1 saturated carbocycles. The molecule has 2 aliphatic carbocycles. The molecule has 1 nitrogen and oxygen atoms in total. The molecule has 0 amide bonds. The van der Waals surface area contributed by atoms with Gasteiger partial charge in [-0.05, 0) is 12.3 Å². The van der Waals surface area contributed by atoms with Crippen LogP contribution < -0.4 is 0 Å². The molecule has 0 bridgehead atoms. The van der Waals surface area contributed by atoms with Gasteiger partial charge < -0.3 is 0 Å². The van der Waals surface area contributed by atoms with Gasteiger partial charge in [-0.3, -0.25) is 4.79 Å². The van der Waals surface area contributed by atoms with Crippen molar-refractivity contribution in [3.05, 3.63) is 12.2 Å². The van der Waals surface area contributed by atoms with Gasteiger partial charge in [-0.25, -0.2) is 0 Å². The molecule has 0 spiro atoms. The van der Waals surface area contributed by atoms with Crippen molar-refractivity contribution in [2.24, 2.45) is 11.3 Å². The van der Waals surface area contributed by atoms with Crippen molar-refractivity contribution in [3.8, 4) is 0 Å². The summed E-state index contributed by atoms with van der Waals surface area (Å²) < 4.78 is 0. The van der Waals surface area contributed by atoms with Crippen LogP contribution in [0.1, 0.15) is 32.6 Å². The molecule has 1 fully saturated rings. The van der Waals surface area contributed by atoms with E-state index in [9.17, 15) is 4.79 Å². The minimum absolute atomic E-state index is 0.325. The van der Waals surface area contributed by atoms with Crippen LogP contribution in [-0.4, -0.2) is 5.78 Å². The first-order valence-corrected chi connectivity index (χ1v) is 4.48. The Kier molecular flexibility index (Phi) is 1.41. The van der Waals surface area contributed by atoms with Crippen molar-refractivity contribution in [1.29, 1.82) is 0 Å². The number of rotatable bonds is 2. The Hall–Kier alpha value is -0.590. The largest absolute Gasteiger partial charge is 0.300 e. The van der Waals surface area contributed by atoms with E-state index in [1.54, 1.807) is 0 Å². The highest BCUT2D eigenvalue weighted by molar-refractivity contribution is 5.83. The highest BCUT2D eigenvalue weighted by Crippen LogP contribution is 2.53. The second kappa shape index (κ2) is 2.20. The van der Waals surface area contributed by atoms with Crippen LogP contribution in [0.4, 0.5) is 0 Å². The van der Waals surface area contributed by atoms with E-state index in [1.165, 1.54) is 12.8 Å². The van der Waals surface area contributed by atoms with Crippen LogP contribution in [0, 0.1) is 11.3 Å². The Labute approximate surface area is 67.5 Å². The monoisotopic (exact) mass is 150 g/mol. The van der Waals surface area contributed by atoms with E-state index in [-0.39, 0.29) is 0 Å². The van der Waals surface area contributed by atoms with Crippen molar-refractivity contribution in [2.45, 2.75) is 32.6 Å². The normalized spacial score (nSPS) is 40.5. The molecule has 0 aromatic rings. The van der Waals surface area contributed by atoms with Gasteiger partial charge in [-0.2, -0.15) is 0 Å². The number of carbonyl (C=O) groups is 1. The maximum absolute atomic E-state index is 11.1. The van der Waals surface area contributed by atoms with E-state index in [0.717, 1.165) is 12.8 Å². The Morgan fingerprint density at radius 2 is 2.55 bits per heavy atom. The third kappa shape index (κ3) is 0.867. The van der Waals surface area contributed by atoms with Crippen LogP contribution in [0.2, 0.25) is 0 Å². The van der Waals surface area contributed by atoms with E-state index < -0.39 is 0 Å². The smallest absolute Gasteiger partial charge is 0.134 e. The zero-order valence-electron chi connectivity index (χ0n) is 6.97. The molecule has 0 heterocycles. The van der Waals surface area contributed by atoms with Gasteiger partial charge in [0, 0.05) is 18.3 Å². The molecule has 0 aliphatic heterocycles. The lowest BCUT2D eigenvalue weighted by Gasteiger charge is -2.37. The zero-order chi connectivity index (χ0) is 7.90. The number of fused-ring (bicyclic) bond motifs is 1. The summed E-state index contributed by atoms with van der Waals surface area (Å²) >= 11 is 0. The van der Waals surface area contributed by atoms with Crippen molar-refractivity contribution in [1.82, 2.24) is 0 Å². The third-order valence-electron chi connectivity index (χ3n) is 3.09. The second-order valence-corrected chi connectivity index (χ2v) is 3.87. The standard InChI is InChI=1S/C10H14O/c1-2-4-10-5-3-8(10)6-9(11)7-10/h3,5,8H,2,4,6-7H2,1H3. The molecular weight excluding hydrogens is 136 g/mol. The van der Waals surface area contributed by atoms with Crippen molar-refractivity contribution >= 4 is 5.78 Å². The van der Waals surface area contributed by atoms with Crippen LogP contribution in [0.25, 0.3) is 0 Å². The molecule has 0 aromatic carbocycles. The van der Waals surface area contributed by atoms with Crippen LogP contribution in [0.15, 0.2) is 12.2 Å². The van der Waals surface area contributed by atoms with E-state index >= 15 is 0 Å². The molecule has 2 aliphatic rings. The Morgan fingerprint density at radius 3 is 3.00 bits per heavy atom. The molecule has 60 valence electrons. The fraction of sp³-hybridized carbons (Fsp3) is 0.700. The van der Waals surface area contributed by atoms with Crippen molar-refractivity contribution < 1.29 is 4.79 Å². The number of hydrogen-bond acceptors (Lipinski definition) is 1. The number of carbonyl (C=O) groups excluding carboxylic acids is 1. The predicted molar refractivity (Wildman–Crippen MR) is 44.2 cm³/mol. The summed E-state index contributed by atoms with van der Waals surface area (Å²) in [6.45, 7) is 2.20. The highest BCUT2D eigenvalue weighted by Gasteiger charge is 2.47. The van der Waals surface area contributed by atoms with Crippen LogP contribution in [0.3, 0.4) is 0 Å². The summed E-state index contributed by atoms with van der Waals surface area (Å²) in [7, 11) is 0. The molecule has 2 atom stereocenters. The fourth-order valence-electron chi connectivity index (χ4n) is 2.47. The molecule has 11 heavy (non-hydrogen) atoms. The zero-order valence-corrected chi connectivity index (χ0v) is 6.97. The maximum atomic E-state index is 11.1. The fourth-order valence-corrected chi connectivity index (χ4v) is 2.47. The van der Waals surface area contributed by atoms with Gasteiger partial charge in [-0.15, -0.1) is 0 Å². The van der Waals surface area contributed by atoms with Gasteiger partial charge in [-0.1, -0.05) is 25.5 Å². The van der Waals surface area contributed by atoms with Gasteiger partial charge in [0.05, 0.1) is 0 Å². The van der Waals surface area contributed by atoms with Crippen LogP contribution in [-0.2, 0) is 4.79 Å². The maximum Gasteiger partial charge on any atom is 0.134 e. The Morgan fingerprint density at radius 1 is 1.73 bits per heavy atom. The SMILES string of the molecule is CCCC12C=CC1CC(=O)C2. The molecule has 0 saturated heterocycles. The van der Waals surface area contributed by atoms with Crippen LogP contribution >= 0.6 is 0 Å². The number of hydrogen-bond donors (Lipinski definition) is 0. The second-order valence-electron chi connectivity index (χ2n) is 3.87. The lowest BCUT2D eigenvalue weighted by atomic mass is 9.67. The Balaban J connectivity index is 2.14. The lowest BCUT2D eigenvalue weighted by molar-refractivity contribution is -0.117. The van der Waals surface area contributed by atoms with Crippen molar-refractivity contribution in [3.63, 3.8) is 0 Å². The summed E-state index contributed by atoms with van der Waals surface area (Å²) in [5, 5.41) is 0. The van der Waals surface area contributed by atoms with Gasteiger partial charge in [0.15, 0.2) is 0 Å². The molecule has 0 N–H and O–H groups in total. The molecule has 2 rings (SSSR count). The number of ketones is 1. The van der Waals surface area contributed by atoms with Gasteiger partial charge in [0.1, 0.15) is 5.78 Å². The average molecular weight is 150 g/mol. The molecule has 0 aromatic heterocycles. The lowest BCUT2D eigenvalue weighted by Crippen LogP contribution is -2.28. The quantitative estimate of drug-likeness (QED) is 0.552. The third-order valence-corrected chi connectivity index (χ3v) is 3.09. The molecular formula is C10H14O. The highest BCUT2D eigenvalue weighted by atomic mass is 16.1. The first-order valence-electron chi connectivity index (χ1n) is 4.48. The predicted octanol–water partition coefficient (Wildman–Crippen LogP) is 2.32. The Bertz CT molecular complexity index is 217. The minimum atomic E-state index is 0.325. The van der Waals surface area contributed by atoms with E-state index in [4.69, 9.17) is 0 Å². The van der Waals surface area contributed by atoms with E-state index in [0.29, 0.717) is 17.1 Å². The summed E-state index contributed by atoms with van der Waals surface area (Å²) in [5.41, 5.74) is 0.325. The molecule has 0 radical (unpaired) electrons. The summed E-state index contributed by atoms with van der Waals surface area (Å²) in [4.78, 5) is 11.1. The van der Waals surface area contributed by atoms with E-state index in [1.807, 2.05) is 0 Å². The number of Topliss-reactive ketones (excluding diaryl/α,β-unsaturated/α-hetero) is 1. The van der Waals surface area contributed by atoms with Crippen molar-refractivity contribution in [2.75, 3.05) is 0 Å². The topological polar surface area (TPSA) is 17.1 Å². The van der Waals surface area contributed by atoms with Gasteiger partial charge in [0.2, 0.25) is 0 Å². The number of allylic oxidation sites excluding steroid dienone is 2. The molecule has 1 heteroatoms. The summed E-state index contributed by atoms with van der Waals surface area (Å²) in [6.07, 6.45) is 8.51. The average Bonchev–Trinajstić information content (AvgIpc) is 2.15.